The summed E-state index contributed by atoms with van der Waals surface area (Å²) in [5.74, 6) is 0.248. The second kappa shape index (κ2) is 11.7. The predicted octanol–water partition coefficient (Wildman–Crippen LogP) is 7.13. The molecule has 4 aromatic rings. The highest BCUT2D eigenvalue weighted by Gasteiger charge is 2.45. The van der Waals surface area contributed by atoms with Crippen LogP contribution in [0.1, 0.15) is 58.8 Å². The number of nitrogens with two attached hydrogens (primary N) is 1. The molecule has 2 bridgehead atoms. The Hall–Kier alpha value is -2.86. The monoisotopic (exact) mass is 667 g/mol. The van der Waals surface area contributed by atoms with Crippen LogP contribution < -0.4 is 15.4 Å². The van der Waals surface area contributed by atoms with E-state index in [0.29, 0.717) is 41.4 Å². The van der Waals surface area contributed by atoms with E-state index in [1.54, 1.807) is 6.07 Å². The average molecular weight is 668 g/mol. The molecule has 0 radical (unpaired) electrons. The Morgan fingerprint density at radius 2 is 1.80 bits per heavy atom. The van der Waals surface area contributed by atoms with Crippen molar-refractivity contribution in [2.75, 3.05) is 50.0 Å². The van der Waals surface area contributed by atoms with Crippen LogP contribution in [0.4, 0.5) is 19.7 Å². The molecule has 0 amide bonds. The third kappa shape index (κ3) is 5.09. The lowest BCUT2D eigenvalue weighted by atomic mass is 9.95. The van der Waals surface area contributed by atoms with Gasteiger partial charge in [0.15, 0.2) is 10.9 Å². The third-order valence-corrected chi connectivity index (χ3v) is 12.0. The van der Waals surface area contributed by atoms with Gasteiger partial charge in [0, 0.05) is 41.7 Å². The lowest BCUT2D eigenvalue weighted by Gasteiger charge is -2.42. The minimum absolute atomic E-state index is 0.00635. The van der Waals surface area contributed by atoms with Crippen molar-refractivity contribution in [2.24, 2.45) is 5.92 Å². The molecule has 4 aliphatic heterocycles. The first-order valence-electron chi connectivity index (χ1n) is 16.6. The molecule has 46 heavy (non-hydrogen) atoms. The molecule has 4 aliphatic rings. The number of thiazole rings is 1. The van der Waals surface area contributed by atoms with E-state index in [2.05, 4.69) is 33.5 Å². The minimum atomic E-state index is -0.601. The van der Waals surface area contributed by atoms with Crippen LogP contribution in [0, 0.1) is 17.6 Å². The van der Waals surface area contributed by atoms with Crippen molar-refractivity contribution < 1.29 is 13.5 Å². The summed E-state index contributed by atoms with van der Waals surface area (Å²) in [5.41, 5.74) is 6.86. The average Bonchev–Trinajstić information content (AvgIpc) is 3.77. The van der Waals surface area contributed by atoms with Gasteiger partial charge in [0.05, 0.1) is 20.8 Å². The topological polar surface area (TPSA) is 83.6 Å². The fraction of sp³-hybridized carbons (Fsp3) is 0.559. The molecule has 0 spiro atoms. The normalized spacial score (nSPS) is 23.0. The van der Waals surface area contributed by atoms with Gasteiger partial charge in [-0.3, -0.25) is 9.80 Å². The van der Waals surface area contributed by atoms with Gasteiger partial charge in [0.25, 0.3) is 0 Å². The Morgan fingerprint density at radius 1 is 1.07 bits per heavy atom. The van der Waals surface area contributed by atoms with E-state index in [1.807, 2.05) is 0 Å². The van der Waals surface area contributed by atoms with E-state index >= 15 is 4.39 Å². The summed E-state index contributed by atoms with van der Waals surface area (Å²) in [7, 11) is 0. The van der Waals surface area contributed by atoms with Crippen LogP contribution in [-0.4, -0.2) is 81.7 Å². The number of benzene rings is 2. The molecule has 6 heterocycles. The molecule has 244 valence electrons. The van der Waals surface area contributed by atoms with Crippen LogP contribution in [-0.2, 0) is 0 Å². The minimum Gasteiger partial charge on any atom is -0.461 e. The summed E-state index contributed by atoms with van der Waals surface area (Å²) in [6, 6.07) is 5.57. The van der Waals surface area contributed by atoms with Crippen LogP contribution in [0.25, 0.3) is 32.2 Å². The second-order valence-electron chi connectivity index (χ2n) is 14.0. The highest BCUT2D eigenvalue weighted by Crippen LogP contribution is 2.44. The van der Waals surface area contributed by atoms with Gasteiger partial charge in [0.2, 0.25) is 0 Å². The molecule has 2 N–H and O–H groups in total. The van der Waals surface area contributed by atoms with Crippen molar-refractivity contribution in [1.29, 1.82) is 0 Å². The third-order valence-electron chi connectivity index (χ3n) is 10.8. The van der Waals surface area contributed by atoms with Crippen LogP contribution in [0.5, 0.6) is 6.01 Å². The summed E-state index contributed by atoms with van der Waals surface area (Å²) in [4.78, 5) is 21.5. The summed E-state index contributed by atoms with van der Waals surface area (Å²) in [5, 5.41) is 0.938. The number of nitrogen functional groups attached to an aromatic ring is 1. The van der Waals surface area contributed by atoms with Gasteiger partial charge in [-0.1, -0.05) is 36.8 Å². The molecule has 2 atom stereocenters. The maximum Gasteiger partial charge on any atom is 0.319 e. The summed E-state index contributed by atoms with van der Waals surface area (Å²) >= 11 is 7.93. The number of nitrogens with zero attached hydrogens (tertiary/aromatic N) is 6. The number of aromatic nitrogens is 3. The van der Waals surface area contributed by atoms with E-state index in [4.69, 9.17) is 32.0 Å². The largest absolute Gasteiger partial charge is 0.461 e. The molecule has 8 nitrogen and oxygen atoms in total. The van der Waals surface area contributed by atoms with Gasteiger partial charge in [-0.25, -0.2) is 13.8 Å². The van der Waals surface area contributed by atoms with Crippen LogP contribution in [0.2, 0.25) is 5.02 Å². The van der Waals surface area contributed by atoms with E-state index in [1.165, 1.54) is 18.6 Å². The van der Waals surface area contributed by atoms with E-state index in [9.17, 15) is 4.39 Å². The lowest BCUT2D eigenvalue weighted by Crippen LogP contribution is -2.54. The molecule has 0 saturated carbocycles. The van der Waals surface area contributed by atoms with Crippen LogP contribution >= 0.6 is 22.9 Å². The first-order valence-corrected chi connectivity index (χ1v) is 17.8. The molecule has 4 saturated heterocycles. The number of piperazine rings is 1. The Bertz CT molecular complexity index is 1790. The molecule has 0 unspecified atom stereocenters. The fourth-order valence-corrected chi connectivity index (χ4v) is 9.56. The van der Waals surface area contributed by atoms with Crippen molar-refractivity contribution in [2.45, 2.75) is 76.4 Å². The number of fused-ring (bicyclic) bond motifs is 5. The number of rotatable bonds is 8. The van der Waals surface area contributed by atoms with E-state index < -0.39 is 11.6 Å². The maximum absolute atomic E-state index is 16.9. The van der Waals surface area contributed by atoms with Crippen molar-refractivity contribution >= 4 is 55.0 Å². The summed E-state index contributed by atoms with van der Waals surface area (Å²) in [6.07, 6.45) is 7.93. The molecular formula is C34H40ClF2N7OS. The zero-order valence-electron chi connectivity index (χ0n) is 26.4. The van der Waals surface area contributed by atoms with Gasteiger partial charge in [-0.2, -0.15) is 9.97 Å². The van der Waals surface area contributed by atoms with Crippen LogP contribution in [0.3, 0.4) is 0 Å². The van der Waals surface area contributed by atoms with Gasteiger partial charge in [-0.05, 0) is 88.7 Å². The van der Waals surface area contributed by atoms with Gasteiger partial charge < -0.3 is 15.4 Å². The smallest absolute Gasteiger partial charge is 0.319 e. The molecule has 0 aliphatic carbocycles. The van der Waals surface area contributed by atoms with Gasteiger partial charge >= 0.3 is 6.01 Å². The van der Waals surface area contributed by atoms with Crippen molar-refractivity contribution in [3.8, 4) is 17.1 Å². The number of halogens is 3. The van der Waals surface area contributed by atoms with Crippen LogP contribution in [0.15, 0.2) is 18.2 Å². The molecule has 4 fully saturated rings. The highest BCUT2D eigenvalue weighted by atomic mass is 35.5. The predicted molar refractivity (Wildman–Crippen MR) is 181 cm³/mol. The van der Waals surface area contributed by atoms with E-state index in [0.717, 1.165) is 82.6 Å². The number of hydrogen-bond acceptors (Lipinski definition) is 9. The van der Waals surface area contributed by atoms with Gasteiger partial charge in [-0.15, -0.1) is 0 Å². The lowest BCUT2D eigenvalue weighted by molar-refractivity contribution is 0.107. The first kappa shape index (κ1) is 30.5. The number of hydrogen-bond donors (Lipinski definition) is 1. The van der Waals surface area contributed by atoms with E-state index in [-0.39, 0.29) is 43.0 Å². The zero-order valence-corrected chi connectivity index (χ0v) is 27.9. The Balaban J connectivity index is 1.22. The maximum atomic E-state index is 16.9. The quantitative estimate of drug-likeness (QED) is 0.213. The van der Waals surface area contributed by atoms with Gasteiger partial charge in [0.1, 0.15) is 23.8 Å². The summed E-state index contributed by atoms with van der Waals surface area (Å²) < 4.78 is 38.3. The number of ether oxygens (including phenoxy) is 1. The standard InChI is InChI=1S/C34H40ClF2N7OS/c1-19(2)9-14-44-20-5-6-21(44)17-42(16-20)31-23-15-24(35)26(22-7-8-25(36)30-29(22)39-32(38)46-30)27(37)28(23)40-33(41-31)45-18-34-10-3-12-43(34)13-4-11-34/h7-8,15,19-21H,3-6,9-14,16-18H2,1-2H3,(H2,38,39)/t20-,21+. The number of anilines is 2. The van der Waals surface area contributed by atoms with Crippen molar-refractivity contribution in [3.63, 3.8) is 0 Å². The molecule has 8 rings (SSSR count). The second-order valence-corrected chi connectivity index (χ2v) is 15.5. The Kier molecular flexibility index (Phi) is 7.74. The van der Waals surface area contributed by atoms with Crippen molar-refractivity contribution in [3.05, 3.63) is 34.9 Å². The molecular weight excluding hydrogens is 628 g/mol. The molecule has 2 aromatic carbocycles. The fourth-order valence-electron chi connectivity index (χ4n) is 8.50. The summed E-state index contributed by atoms with van der Waals surface area (Å²) in [6.45, 7) is 9.89. The SMILES string of the molecule is CC(C)CCN1[C@@H]2CC[C@H]1CN(c1nc(OCC34CCCN3CCC4)nc3c(F)c(-c4ccc(F)c5sc(N)nc45)c(Cl)cc13)C2. The highest BCUT2D eigenvalue weighted by molar-refractivity contribution is 7.22. The Labute approximate surface area is 276 Å². The molecule has 2 aromatic heterocycles. The molecule has 12 heteroatoms. The Morgan fingerprint density at radius 3 is 2.52 bits per heavy atom. The first-order chi connectivity index (χ1) is 22.2. The zero-order chi connectivity index (χ0) is 31.7. The van der Waals surface area contributed by atoms with Crippen molar-refractivity contribution in [1.82, 2.24) is 24.8 Å².